The molecule has 2 rings (SSSR count). The molecule has 1 aliphatic rings. The Hall–Kier alpha value is -1.63. The molecule has 20 heavy (non-hydrogen) atoms. The van der Waals surface area contributed by atoms with E-state index in [-0.39, 0.29) is 16.6 Å². The number of hydrogen-bond acceptors (Lipinski definition) is 1. The molecule has 1 heteroatoms. The average Bonchev–Trinajstić information content (AvgIpc) is 2.72. The van der Waals surface area contributed by atoms with Crippen LogP contribution in [0.3, 0.4) is 0 Å². The first-order chi connectivity index (χ1) is 9.10. The number of ketones is 1. The zero-order valence-corrected chi connectivity index (χ0v) is 13.4. The van der Waals surface area contributed by atoms with Crippen LogP contribution in [0.2, 0.25) is 0 Å². The molecule has 0 bridgehead atoms. The van der Waals surface area contributed by atoms with Crippen molar-refractivity contribution < 1.29 is 4.79 Å². The molecule has 1 aromatic carbocycles. The van der Waals surface area contributed by atoms with Crippen LogP contribution in [0.1, 0.15) is 57.5 Å². The third kappa shape index (κ3) is 2.06. The molecule has 0 heterocycles. The van der Waals surface area contributed by atoms with Crippen molar-refractivity contribution in [3.8, 4) is 0 Å². The number of allylic oxidation sites excluding steroid dienone is 3. The summed E-state index contributed by atoms with van der Waals surface area (Å²) in [5, 5.41) is 0. The molecule has 1 fully saturated rings. The Morgan fingerprint density at radius 3 is 1.60 bits per heavy atom. The predicted octanol–water partition coefficient (Wildman–Crippen LogP) is 5.28. The minimum Gasteiger partial charge on any atom is -0.295 e. The van der Waals surface area contributed by atoms with Crippen LogP contribution in [-0.4, -0.2) is 5.78 Å². The van der Waals surface area contributed by atoms with Gasteiger partial charge in [0.1, 0.15) is 0 Å². The number of carbonyl (C=O) groups is 1. The maximum atomic E-state index is 11.4. The van der Waals surface area contributed by atoms with Crippen molar-refractivity contribution >= 4 is 11.4 Å². The van der Waals surface area contributed by atoms with Gasteiger partial charge in [-0.25, -0.2) is 0 Å². The molecule has 0 unspecified atom stereocenters. The summed E-state index contributed by atoms with van der Waals surface area (Å²) in [7, 11) is 0. The lowest BCUT2D eigenvalue weighted by Crippen LogP contribution is -1.95. The van der Waals surface area contributed by atoms with E-state index in [0.717, 1.165) is 16.7 Å². The van der Waals surface area contributed by atoms with Gasteiger partial charge in [-0.15, -0.1) is 0 Å². The van der Waals surface area contributed by atoms with E-state index < -0.39 is 0 Å². The Morgan fingerprint density at radius 1 is 0.900 bits per heavy atom. The van der Waals surface area contributed by atoms with Gasteiger partial charge in [0.05, 0.1) is 0 Å². The Kier molecular flexibility index (Phi) is 3.28. The second-order valence-electron chi connectivity index (χ2n) is 6.91. The van der Waals surface area contributed by atoms with Crippen LogP contribution >= 0.6 is 0 Å². The Labute approximate surface area is 122 Å². The lowest BCUT2D eigenvalue weighted by molar-refractivity contribution is 0.101. The van der Waals surface area contributed by atoms with E-state index >= 15 is 0 Å². The van der Waals surface area contributed by atoms with Crippen LogP contribution in [-0.2, 0) is 0 Å². The summed E-state index contributed by atoms with van der Waals surface area (Å²) in [5.74, 6) is 0.105. The molecule has 0 aliphatic heterocycles. The maximum Gasteiger partial charge on any atom is 0.159 e. The molecule has 106 valence electrons. The van der Waals surface area contributed by atoms with E-state index in [0.29, 0.717) is 0 Å². The standard InChI is InChI=1S/C19H24O/c1-12(2)16(17-18(4,5)19(17,6)7)15-10-8-14(9-11-15)13(3)20/h8-11H,1H2,2-7H3. The van der Waals surface area contributed by atoms with E-state index in [4.69, 9.17) is 0 Å². The first-order valence-electron chi connectivity index (χ1n) is 7.13. The van der Waals surface area contributed by atoms with Crippen LogP contribution < -0.4 is 0 Å². The van der Waals surface area contributed by atoms with Crippen molar-refractivity contribution in [3.05, 3.63) is 53.1 Å². The number of carbonyl (C=O) groups excluding carboxylic acids is 1. The minimum atomic E-state index is 0.105. The first kappa shape index (κ1) is 14.8. The number of benzene rings is 1. The van der Waals surface area contributed by atoms with Crippen LogP contribution in [0, 0.1) is 10.8 Å². The smallest absolute Gasteiger partial charge is 0.159 e. The van der Waals surface area contributed by atoms with Gasteiger partial charge in [-0.1, -0.05) is 64.1 Å². The summed E-state index contributed by atoms with van der Waals surface area (Å²) >= 11 is 0. The zero-order valence-electron chi connectivity index (χ0n) is 13.4. The number of hydrogen-bond donors (Lipinski definition) is 0. The van der Waals surface area contributed by atoms with Gasteiger partial charge in [0.15, 0.2) is 5.78 Å². The van der Waals surface area contributed by atoms with Crippen molar-refractivity contribution in [2.24, 2.45) is 10.8 Å². The van der Waals surface area contributed by atoms with Crippen LogP contribution in [0.5, 0.6) is 0 Å². The average molecular weight is 268 g/mol. The molecule has 0 aromatic heterocycles. The van der Waals surface area contributed by atoms with Crippen LogP contribution in [0.4, 0.5) is 0 Å². The van der Waals surface area contributed by atoms with Crippen molar-refractivity contribution in [2.45, 2.75) is 41.5 Å². The molecular formula is C19H24O. The number of Topliss-reactive ketones (excluding diaryl/α,β-unsaturated/α-hetero) is 1. The fourth-order valence-corrected chi connectivity index (χ4v) is 3.13. The van der Waals surface area contributed by atoms with Gasteiger partial charge < -0.3 is 0 Å². The van der Waals surface area contributed by atoms with E-state index in [9.17, 15) is 4.79 Å². The summed E-state index contributed by atoms with van der Waals surface area (Å²) in [6.07, 6.45) is 0. The first-order valence-corrected chi connectivity index (χ1v) is 7.13. The molecule has 0 spiro atoms. The normalized spacial score (nSPS) is 18.6. The van der Waals surface area contributed by atoms with Gasteiger partial charge >= 0.3 is 0 Å². The van der Waals surface area contributed by atoms with E-state index in [2.05, 4.69) is 41.2 Å². The monoisotopic (exact) mass is 268 g/mol. The molecule has 0 N–H and O–H groups in total. The van der Waals surface area contributed by atoms with Crippen molar-refractivity contribution in [1.29, 1.82) is 0 Å². The molecule has 1 aromatic rings. The van der Waals surface area contributed by atoms with Crippen molar-refractivity contribution in [2.75, 3.05) is 0 Å². The highest BCUT2D eigenvalue weighted by Gasteiger charge is 2.61. The largest absolute Gasteiger partial charge is 0.295 e. The van der Waals surface area contributed by atoms with Crippen molar-refractivity contribution in [1.82, 2.24) is 0 Å². The molecular weight excluding hydrogens is 244 g/mol. The highest BCUT2D eigenvalue weighted by molar-refractivity contribution is 5.95. The Balaban J connectivity index is 2.55. The zero-order chi connectivity index (χ0) is 15.3. The van der Waals surface area contributed by atoms with Gasteiger partial charge in [-0.2, -0.15) is 0 Å². The summed E-state index contributed by atoms with van der Waals surface area (Å²) in [6, 6.07) is 7.89. The van der Waals surface area contributed by atoms with Gasteiger partial charge in [0, 0.05) is 5.56 Å². The third-order valence-corrected chi connectivity index (χ3v) is 5.01. The topological polar surface area (TPSA) is 17.1 Å². The van der Waals surface area contributed by atoms with Crippen LogP contribution in [0.15, 0.2) is 42.0 Å². The Morgan fingerprint density at radius 2 is 1.30 bits per heavy atom. The molecule has 1 aliphatic carbocycles. The maximum absolute atomic E-state index is 11.4. The summed E-state index contributed by atoms with van der Waals surface area (Å²) in [5.41, 5.74) is 6.16. The highest BCUT2D eigenvalue weighted by atomic mass is 16.1. The fraction of sp³-hybridized carbons (Fsp3) is 0.421. The molecule has 0 radical (unpaired) electrons. The van der Waals surface area contributed by atoms with E-state index in [1.807, 2.05) is 24.3 Å². The molecule has 0 saturated heterocycles. The van der Waals surface area contributed by atoms with Gasteiger partial charge in [-0.05, 0) is 41.4 Å². The summed E-state index contributed by atoms with van der Waals surface area (Å²) < 4.78 is 0. The lowest BCUT2D eigenvalue weighted by Gasteiger charge is -2.10. The van der Waals surface area contributed by atoms with Gasteiger partial charge in [0.25, 0.3) is 0 Å². The SMILES string of the molecule is C=C(C)C(=C1C(C)(C)C1(C)C)c1ccc(C(C)=O)cc1. The Bertz CT molecular complexity index is 594. The molecule has 1 saturated carbocycles. The number of rotatable bonds is 3. The minimum absolute atomic E-state index is 0.105. The lowest BCUT2D eigenvalue weighted by atomic mass is 9.95. The van der Waals surface area contributed by atoms with Crippen LogP contribution in [0.25, 0.3) is 5.57 Å². The quantitative estimate of drug-likeness (QED) is 0.681. The van der Waals surface area contributed by atoms with E-state index in [1.54, 1.807) is 6.92 Å². The summed E-state index contributed by atoms with van der Waals surface area (Å²) in [6.45, 7) is 17.0. The summed E-state index contributed by atoms with van der Waals surface area (Å²) in [4.78, 5) is 11.4. The molecule has 0 amide bonds. The molecule has 1 nitrogen and oxygen atoms in total. The fourth-order valence-electron chi connectivity index (χ4n) is 3.13. The molecule has 0 atom stereocenters. The third-order valence-electron chi connectivity index (χ3n) is 5.01. The van der Waals surface area contributed by atoms with Crippen molar-refractivity contribution in [3.63, 3.8) is 0 Å². The second-order valence-corrected chi connectivity index (χ2v) is 6.91. The second kappa shape index (κ2) is 4.44. The predicted molar refractivity (Wildman–Crippen MR) is 85.7 cm³/mol. The van der Waals surface area contributed by atoms with Gasteiger partial charge in [0.2, 0.25) is 0 Å². The highest BCUT2D eigenvalue weighted by Crippen LogP contribution is 2.70. The van der Waals surface area contributed by atoms with E-state index in [1.165, 1.54) is 11.1 Å². The van der Waals surface area contributed by atoms with Gasteiger partial charge in [-0.3, -0.25) is 4.79 Å².